The fourth-order valence-corrected chi connectivity index (χ4v) is 3.47. The van der Waals surface area contributed by atoms with Gasteiger partial charge in [0.2, 0.25) is 0 Å². The van der Waals surface area contributed by atoms with Crippen LogP contribution >= 0.6 is 27.3 Å². The number of thiophene rings is 1. The highest BCUT2D eigenvalue weighted by Gasteiger charge is 2.10. The van der Waals surface area contributed by atoms with E-state index < -0.39 is 0 Å². The lowest BCUT2D eigenvalue weighted by atomic mass is 10.0. The summed E-state index contributed by atoms with van der Waals surface area (Å²) in [4.78, 5) is 4.39. The van der Waals surface area contributed by atoms with Gasteiger partial charge in [0.15, 0.2) is 0 Å². The molecule has 0 radical (unpaired) electrons. The zero-order valence-electron chi connectivity index (χ0n) is 10.5. The third-order valence-electron chi connectivity index (χ3n) is 3.13. The third-order valence-corrected chi connectivity index (χ3v) is 4.44. The molecule has 1 aromatic carbocycles. The number of rotatable bonds is 3. The van der Waals surface area contributed by atoms with Crippen LogP contribution < -0.4 is 5.73 Å². The molecule has 0 aliphatic heterocycles. The maximum absolute atomic E-state index is 13.4. The molecule has 3 rings (SSSR count). The normalized spacial score (nSPS) is 12.8. The molecule has 1 atom stereocenters. The first-order valence-electron chi connectivity index (χ1n) is 6.15. The molecule has 0 aliphatic rings. The van der Waals surface area contributed by atoms with Gasteiger partial charge in [-0.2, -0.15) is 0 Å². The van der Waals surface area contributed by atoms with E-state index in [1.807, 2.05) is 17.5 Å². The molecule has 2 N–H and O–H groups in total. The average molecular weight is 351 g/mol. The summed E-state index contributed by atoms with van der Waals surface area (Å²) in [6, 6.07) is 8.70. The highest BCUT2D eigenvalue weighted by molar-refractivity contribution is 9.10. The molecule has 0 saturated heterocycles. The van der Waals surface area contributed by atoms with Crippen molar-refractivity contribution in [2.24, 2.45) is 5.73 Å². The third kappa shape index (κ3) is 2.90. The van der Waals surface area contributed by atoms with Gasteiger partial charge < -0.3 is 5.73 Å². The Balaban J connectivity index is 1.86. The van der Waals surface area contributed by atoms with Crippen LogP contribution in [0.15, 0.2) is 46.4 Å². The summed E-state index contributed by atoms with van der Waals surface area (Å²) in [7, 11) is 0. The van der Waals surface area contributed by atoms with Crippen molar-refractivity contribution in [2.45, 2.75) is 12.5 Å². The molecule has 0 saturated carbocycles. The second kappa shape index (κ2) is 5.60. The van der Waals surface area contributed by atoms with Crippen molar-refractivity contribution in [3.8, 4) is 0 Å². The van der Waals surface area contributed by atoms with Crippen LogP contribution in [0.4, 0.5) is 4.39 Å². The first-order chi connectivity index (χ1) is 9.61. The molecule has 2 nitrogen and oxygen atoms in total. The molecule has 3 aromatic rings. The molecular weight excluding hydrogens is 339 g/mol. The number of halogens is 2. The second-order valence-electron chi connectivity index (χ2n) is 4.66. The smallest absolute Gasteiger partial charge is 0.124 e. The summed E-state index contributed by atoms with van der Waals surface area (Å²) in [6.45, 7) is 0. The lowest BCUT2D eigenvalue weighted by molar-refractivity contribution is 0.621. The largest absolute Gasteiger partial charge is 0.324 e. The highest BCUT2D eigenvalue weighted by Crippen LogP contribution is 2.24. The van der Waals surface area contributed by atoms with E-state index in [0.29, 0.717) is 6.42 Å². The first-order valence-corrected chi connectivity index (χ1v) is 7.83. The molecule has 2 aromatic heterocycles. The number of pyridine rings is 1. The maximum atomic E-state index is 13.4. The molecule has 5 heteroatoms. The van der Waals surface area contributed by atoms with E-state index in [9.17, 15) is 4.39 Å². The Morgan fingerprint density at radius 3 is 2.95 bits per heavy atom. The number of fused-ring (bicyclic) bond motifs is 1. The summed E-state index contributed by atoms with van der Waals surface area (Å²) < 4.78 is 15.2. The molecule has 0 amide bonds. The minimum atomic E-state index is -0.256. The highest BCUT2D eigenvalue weighted by atomic mass is 79.9. The van der Waals surface area contributed by atoms with Gasteiger partial charge in [-0.25, -0.2) is 4.39 Å². The standard InChI is InChI=1S/C15H12BrFN2S/c16-11-3-9(4-12(17)7-11)5-13(18)10-6-15-14(19-8-10)1-2-20-15/h1-4,6-8,13H,5,18H2. The molecular formula is C15H12BrFN2S. The minimum Gasteiger partial charge on any atom is -0.324 e. The van der Waals surface area contributed by atoms with Crippen molar-refractivity contribution < 1.29 is 4.39 Å². The maximum Gasteiger partial charge on any atom is 0.124 e. The molecule has 1 unspecified atom stereocenters. The molecule has 0 aliphatic carbocycles. The molecule has 2 heterocycles. The van der Waals surface area contributed by atoms with Gasteiger partial charge in [-0.1, -0.05) is 15.9 Å². The van der Waals surface area contributed by atoms with Crippen LogP contribution in [0.3, 0.4) is 0 Å². The van der Waals surface area contributed by atoms with Crippen molar-refractivity contribution in [1.29, 1.82) is 0 Å². The van der Waals surface area contributed by atoms with Gasteiger partial charge >= 0.3 is 0 Å². The monoisotopic (exact) mass is 350 g/mol. The summed E-state index contributed by atoms with van der Waals surface area (Å²) in [5.74, 6) is -0.256. The van der Waals surface area contributed by atoms with E-state index in [1.165, 1.54) is 12.1 Å². The van der Waals surface area contributed by atoms with Gasteiger partial charge in [0.25, 0.3) is 0 Å². The number of benzene rings is 1. The van der Waals surface area contributed by atoms with Crippen molar-refractivity contribution in [3.63, 3.8) is 0 Å². The molecule has 20 heavy (non-hydrogen) atoms. The fourth-order valence-electron chi connectivity index (χ4n) is 2.16. The van der Waals surface area contributed by atoms with Gasteiger partial charge in [-0.05, 0) is 53.3 Å². The minimum absolute atomic E-state index is 0.192. The van der Waals surface area contributed by atoms with E-state index in [0.717, 1.165) is 25.8 Å². The lowest BCUT2D eigenvalue weighted by Gasteiger charge is -2.12. The van der Waals surface area contributed by atoms with Crippen LogP contribution in [-0.4, -0.2) is 4.98 Å². The molecule has 0 spiro atoms. The number of hydrogen-bond acceptors (Lipinski definition) is 3. The van der Waals surface area contributed by atoms with Crippen molar-refractivity contribution in [3.05, 3.63) is 63.3 Å². The van der Waals surface area contributed by atoms with Crippen LogP contribution in [0.1, 0.15) is 17.2 Å². The molecule has 0 fully saturated rings. The number of nitrogens with two attached hydrogens (primary N) is 1. The Morgan fingerprint density at radius 2 is 2.15 bits per heavy atom. The van der Waals surface area contributed by atoms with Crippen molar-refractivity contribution >= 4 is 37.5 Å². The summed E-state index contributed by atoms with van der Waals surface area (Å²) in [5.41, 5.74) is 9.04. The van der Waals surface area contributed by atoms with E-state index in [2.05, 4.69) is 27.0 Å². The Hall–Kier alpha value is -1.30. The topological polar surface area (TPSA) is 38.9 Å². The van der Waals surface area contributed by atoms with Crippen molar-refractivity contribution in [2.75, 3.05) is 0 Å². The van der Waals surface area contributed by atoms with Gasteiger partial charge in [-0.15, -0.1) is 11.3 Å². The number of nitrogens with zero attached hydrogens (tertiary/aromatic N) is 1. The van der Waals surface area contributed by atoms with Gasteiger partial charge in [0, 0.05) is 16.7 Å². The van der Waals surface area contributed by atoms with Crippen LogP contribution in [-0.2, 0) is 6.42 Å². The molecule has 0 bridgehead atoms. The quantitative estimate of drug-likeness (QED) is 0.758. The fraction of sp³-hybridized carbons (Fsp3) is 0.133. The van der Waals surface area contributed by atoms with E-state index in [1.54, 1.807) is 17.5 Å². The molecule has 102 valence electrons. The van der Waals surface area contributed by atoms with Crippen LogP contribution in [0.2, 0.25) is 0 Å². The van der Waals surface area contributed by atoms with E-state index in [4.69, 9.17) is 5.73 Å². The SMILES string of the molecule is NC(Cc1cc(F)cc(Br)c1)c1cnc2ccsc2c1. The Kier molecular flexibility index (Phi) is 3.83. The number of hydrogen-bond donors (Lipinski definition) is 1. The van der Waals surface area contributed by atoms with Crippen LogP contribution in [0.25, 0.3) is 10.2 Å². The first kappa shape index (κ1) is 13.7. The zero-order chi connectivity index (χ0) is 14.1. The Bertz CT molecular complexity index is 736. The summed E-state index contributed by atoms with van der Waals surface area (Å²) in [6.07, 6.45) is 2.38. The van der Waals surface area contributed by atoms with Gasteiger partial charge in [-0.3, -0.25) is 4.98 Å². The van der Waals surface area contributed by atoms with Gasteiger partial charge in [0.1, 0.15) is 5.82 Å². The summed E-state index contributed by atoms with van der Waals surface area (Å²) >= 11 is 4.94. The van der Waals surface area contributed by atoms with Crippen molar-refractivity contribution in [1.82, 2.24) is 4.98 Å². The van der Waals surface area contributed by atoms with Crippen LogP contribution in [0.5, 0.6) is 0 Å². The zero-order valence-corrected chi connectivity index (χ0v) is 12.9. The second-order valence-corrected chi connectivity index (χ2v) is 6.52. The predicted molar refractivity (Wildman–Crippen MR) is 84.4 cm³/mol. The summed E-state index contributed by atoms with van der Waals surface area (Å²) in [5, 5.41) is 2.01. The Labute approximate surface area is 128 Å². The predicted octanol–water partition coefficient (Wildman–Crippen LogP) is 4.44. The van der Waals surface area contributed by atoms with Crippen LogP contribution in [0, 0.1) is 5.82 Å². The van der Waals surface area contributed by atoms with E-state index in [-0.39, 0.29) is 11.9 Å². The Morgan fingerprint density at radius 1 is 1.30 bits per heavy atom. The van der Waals surface area contributed by atoms with E-state index >= 15 is 0 Å². The number of aromatic nitrogens is 1. The lowest BCUT2D eigenvalue weighted by Crippen LogP contribution is -2.13. The van der Waals surface area contributed by atoms with Gasteiger partial charge in [0.05, 0.1) is 10.2 Å². The average Bonchev–Trinajstić information content (AvgIpc) is 2.84.